The molecule has 28 heavy (non-hydrogen) atoms. The zero-order chi connectivity index (χ0) is 20.7. The van der Waals surface area contributed by atoms with E-state index in [0.717, 1.165) is 24.1 Å². The lowest BCUT2D eigenvalue weighted by atomic mass is 9.93. The lowest BCUT2D eigenvalue weighted by molar-refractivity contribution is -0.143. The number of aromatic nitrogens is 2. The molecule has 5 nitrogen and oxygen atoms in total. The van der Waals surface area contributed by atoms with Crippen LogP contribution in [0.4, 0.5) is 36.8 Å². The number of aryl methyl sites for hydroxylation is 1. The molecule has 0 radical (unpaired) electrons. The number of anilines is 1. The SMILES string of the molecule is Cn1ncc2c1CCCC2NC(=O)Nc1cc(C(F)(F)F)cc(C(F)(F)F)c1. The van der Waals surface area contributed by atoms with E-state index in [1.807, 2.05) is 0 Å². The van der Waals surface area contributed by atoms with E-state index in [0.29, 0.717) is 18.6 Å². The Morgan fingerprint density at radius 2 is 1.71 bits per heavy atom. The van der Waals surface area contributed by atoms with Gasteiger partial charge < -0.3 is 10.6 Å². The van der Waals surface area contributed by atoms with Crippen molar-refractivity contribution in [3.63, 3.8) is 0 Å². The zero-order valence-electron chi connectivity index (χ0n) is 14.6. The second kappa shape index (κ2) is 7.02. The van der Waals surface area contributed by atoms with Gasteiger partial charge in [0.05, 0.1) is 23.4 Å². The molecule has 2 N–H and O–H groups in total. The van der Waals surface area contributed by atoms with E-state index in [1.54, 1.807) is 17.9 Å². The average Bonchev–Trinajstić information content (AvgIpc) is 2.95. The van der Waals surface area contributed by atoms with Gasteiger partial charge in [0.1, 0.15) is 0 Å². The molecule has 1 unspecified atom stereocenters. The van der Waals surface area contributed by atoms with Crippen molar-refractivity contribution in [2.24, 2.45) is 7.05 Å². The molecule has 3 rings (SSSR count). The third-order valence-electron chi connectivity index (χ3n) is 4.53. The maximum Gasteiger partial charge on any atom is 0.416 e. The summed E-state index contributed by atoms with van der Waals surface area (Å²) in [4.78, 5) is 12.2. The van der Waals surface area contributed by atoms with Crippen LogP contribution in [0.2, 0.25) is 0 Å². The molecule has 0 fully saturated rings. The van der Waals surface area contributed by atoms with Crippen LogP contribution in [0.5, 0.6) is 0 Å². The molecular formula is C17H16F6N4O. The molecule has 1 atom stereocenters. The fraction of sp³-hybridized carbons (Fsp3) is 0.412. The van der Waals surface area contributed by atoms with Crippen LogP contribution in [0.3, 0.4) is 0 Å². The summed E-state index contributed by atoms with van der Waals surface area (Å²) < 4.78 is 79.1. The largest absolute Gasteiger partial charge is 0.416 e. The van der Waals surface area contributed by atoms with Crippen molar-refractivity contribution in [2.45, 2.75) is 37.7 Å². The summed E-state index contributed by atoms with van der Waals surface area (Å²) >= 11 is 0. The van der Waals surface area contributed by atoms with Crippen LogP contribution in [0, 0.1) is 0 Å². The summed E-state index contributed by atoms with van der Waals surface area (Å²) in [6.07, 6.45) is -6.26. The highest BCUT2D eigenvalue weighted by molar-refractivity contribution is 5.89. The maximum atomic E-state index is 12.9. The Morgan fingerprint density at radius 3 is 2.29 bits per heavy atom. The van der Waals surface area contributed by atoms with Crippen LogP contribution < -0.4 is 10.6 Å². The number of rotatable bonds is 2. The minimum atomic E-state index is -4.98. The van der Waals surface area contributed by atoms with Crippen molar-refractivity contribution in [2.75, 3.05) is 5.32 Å². The van der Waals surface area contributed by atoms with Gasteiger partial charge in [0.15, 0.2) is 0 Å². The fourth-order valence-corrected chi connectivity index (χ4v) is 3.21. The van der Waals surface area contributed by atoms with E-state index in [2.05, 4.69) is 15.7 Å². The summed E-state index contributed by atoms with van der Waals surface area (Å²) in [5, 5.41) is 8.77. The molecule has 1 aromatic heterocycles. The summed E-state index contributed by atoms with van der Waals surface area (Å²) in [5.74, 6) is 0. The predicted octanol–water partition coefficient (Wildman–Crippen LogP) is 4.66. The van der Waals surface area contributed by atoms with Crippen molar-refractivity contribution in [1.29, 1.82) is 0 Å². The number of nitrogens with one attached hydrogen (secondary N) is 2. The summed E-state index contributed by atoms with van der Waals surface area (Å²) in [6.45, 7) is 0. The summed E-state index contributed by atoms with van der Waals surface area (Å²) in [6, 6.07) is -0.387. The molecule has 0 bridgehead atoms. The molecule has 0 saturated carbocycles. The molecule has 1 aliphatic rings. The minimum absolute atomic E-state index is 0.00609. The highest BCUT2D eigenvalue weighted by atomic mass is 19.4. The number of amides is 2. The van der Waals surface area contributed by atoms with E-state index >= 15 is 0 Å². The first kappa shape index (κ1) is 20.0. The van der Waals surface area contributed by atoms with Gasteiger partial charge in [0, 0.05) is 24.0 Å². The molecule has 1 heterocycles. The third kappa shape index (κ3) is 4.23. The van der Waals surface area contributed by atoms with E-state index in [9.17, 15) is 31.1 Å². The Labute approximate surface area is 155 Å². The highest BCUT2D eigenvalue weighted by Crippen LogP contribution is 2.37. The van der Waals surface area contributed by atoms with Gasteiger partial charge in [0.2, 0.25) is 0 Å². The first-order valence-electron chi connectivity index (χ1n) is 8.33. The van der Waals surface area contributed by atoms with Gasteiger partial charge in [0.25, 0.3) is 0 Å². The Balaban J connectivity index is 1.81. The van der Waals surface area contributed by atoms with E-state index in [1.165, 1.54) is 0 Å². The summed E-state index contributed by atoms with van der Waals surface area (Å²) in [5.41, 5.74) is -1.88. The quantitative estimate of drug-likeness (QED) is 0.713. The molecule has 11 heteroatoms. The highest BCUT2D eigenvalue weighted by Gasteiger charge is 2.37. The molecule has 2 aromatic rings. The number of fused-ring (bicyclic) bond motifs is 1. The first-order chi connectivity index (χ1) is 12.9. The van der Waals surface area contributed by atoms with Gasteiger partial charge in [-0.1, -0.05) is 0 Å². The maximum absolute atomic E-state index is 12.9. The number of nitrogens with zero attached hydrogens (tertiary/aromatic N) is 2. The monoisotopic (exact) mass is 406 g/mol. The van der Waals surface area contributed by atoms with Crippen LogP contribution in [0.15, 0.2) is 24.4 Å². The van der Waals surface area contributed by atoms with E-state index < -0.39 is 41.2 Å². The number of carbonyl (C=O) groups is 1. The number of hydrogen-bond donors (Lipinski definition) is 2. The lowest BCUT2D eigenvalue weighted by Crippen LogP contribution is -2.34. The van der Waals surface area contributed by atoms with Gasteiger partial charge >= 0.3 is 18.4 Å². The second-order valence-corrected chi connectivity index (χ2v) is 6.51. The van der Waals surface area contributed by atoms with Gasteiger partial charge in [-0.15, -0.1) is 0 Å². The van der Waals surface area contributed by atoms with Crippen LogP contribution in [-0.2, 0) is 25.8 Å². The normalized spacial score (nSPS) is 17.2. The topological polar surface area (TPSA) is 59.0 Å². The smallest absolute Gasteiger partial charge is 0.331 e. The van der Waals surface area contributed by atoms with Crippen LogP contribution in [-0.4, -0.2) is 15.8 Å². The molecule has 0 saturated heterocycles. The Hall–Kier alpha value is -2.72. The van der Waals surface area contributed by atoms with Crippen molar-refractivity contribution in [3.8, 4) is 0 Å². The zero-order valence-corrected chi connectivity index (χ0v) is 14.6. The molecule has 1 aromatic carbocycles. The molecular weight excluding hydrogens is 390 g/mol. The first-order valence-corrected chi connectivity index (χ1v) is 8.33. The fourth-order valence-electron chi connectivity index (χ4n) is 3.21. The van der Waals surface area contributed by atoms with Crippen molar-refractivity contribution in [1.82, 2.24) is 15.1 Å². The Morgan fingerprint density at radius 1 is 1.11 bits per heavy atom. The van der Waals surface area contributed by atoms with Gasteiger partial charge in [-0.05, 0) is 37.5 Å². The standard InChI is InChI=1S/C17H16F6N4O/c1-27-14-4-2-3-13(12(14)8-24-27)26-15(28)25-11-6-9(16(18,19)20)5-10(7-11)17(21,22)23/h5-8,13H,2-4H2,1H3,(H2,25,26,28). The second-order valence-electron chi connectivity index (χ2n) is 6.51. The molecule has 0 spiro atoms. The number of benzene rings is 1. The number of hydrogen-bond acceptors (Lipinski definition) is 2. The van der Waals surface area contributed by atoms with Crippen LogP contribution >= 0.6 is 0 Å². The average molecular weight is 406 g/mol. The Bertz CT molecular complexity index is 854. The van der Waals surface area contributed by atoms with Crippen LogP contribution in [0.25, 0.3) is 0 Å². The number of urea groups is 1. The van der Waals surface area contributed by atoms with Crippen molar-refractivity contribution < 1.29 is 31.1 Å². The lowest BCUT2D eigenvalue weighted by Gasteiger charge is -2.24. The Kier molecular flexibility index (Phi) is 5.02. The van der Waals surface area contributed by atoms with Gasteiger partial charge in [-0.2, -0.15) is 31.4 Å². The minimum Gasteiger partial charge on any atom is -0.331 e. The number of alkyl halides is 6. The molecule has 152 valence electrons. The predicted molar refractivity (Wildman–Crippen MR) is 87.5 cm³/mol. The van der Waals surface area contributed by atoms with Crippen LogP contribution in [0.1, 0.15) is 41.3 Å². The third-order valence-corrected chi connectivity index (χ3v) is 4.53. The van der Waals surface area contributed by atoms with Gasteiger partial charge in [-0.3, -0.25) is 4.68 Å². The summed E-state index contributed by atoms with van der Waals surface area (Å²) in [7, 11) is 1.75. The molecule has 2 amide bonds. The van der Waals surface area contributed by atoms with Crippen molar-refractivity contribution >= 4 is 11.7 Å². The molecule has 1 aliphatic carbocycles. The molecule has 0 aliphatic heterocycles. The van der Waals surface area contributed by atoms with Crippen molar-refractivity contribution in [3.05, 3.63) is 46.8 Å². The van der Waals surface area contributed by atoms with E-state index in [4.69, 9.17) is 0 Å². The van der Waals surface area contributed by atoms with E-state index in [-0.39, 0.29) is 6.07 Å². The number of carbonyl (C=O) groups excluding carboxylic acids is 1. The number of halogens is 6. The van der Waals surface area contributed by atoms with Gasteiger partial charge in [-0.25, -0.2) is 4.79 Å².